The van der Waals surface area contributed by atoms with E-state index in [9.17, 15) is 4.39 Å². The van der Waals surface area contributed by atoms with Gasteiger partial charge in [-0.1, -0.05) is 113 Å². The van der Waals surface area contributed by atoms with Gasteiger partial charge in [-0.05, 0) is 60.6 Å². The van der Waals surface area contributed by atoms with Gasteiger partial charge >= 0.3 is 0 Å². The maximum atomic E-state index is 13.8. The van der Waals surface area contributed by atoms with Crippen LogP contribution >= 0.6 is 11.6 Å². The van der Waals surface area contributed by atoms with E-state index in [4.69, 9.17) is 11.6 Å². The van der Waals surface area contributed by atoms with Crippen molar-refractivity contribution in [1.29, 1.82) is 0 Å². The molecular formula is C30H38ClF. The Kier molecular flexibility index (Phi) is 10.6. The number of benzene rings is 2. The van der Waals surface area contributed by atoms with Gasteiger partial charge in [-0.3, -0.25) is 0 Å². The molecule has 1 aliphatic rings. The van der Waals surface area contributed by atoms with Gasteiger partial charge in [0.1, 0.15) is 5.82 Å². The van der Waals surface area contributed by atoms with E-state index < -0.39 is 0 Å². The van der Waals surface area contributed by atoms with Gasteiger partial charge in [-0.2, -0.15) is 0 Å². The fraction of sp³-hybridized carbons (Fsp3) is 0.533. The first-order chi connectivity index (χ1) is 15.6. The molecule has 0 saturated heterocycles. The molecule has 0 radical (unpaired) electrons. The Morgan fingerprint density at radius 2 is 1.47 bits per heavy atom. The van der Waals surface area contributed by atoms with Crippen LogP contribution < -0.4 is 0 Å². The van der Waals surface area contributed by atoms with E-state index in [2.05, 4.69) is 30.9 Å². The van der Waals surface area contributed by atoms with Crippen molar-refractivity contribution in [3.8, 4) is 11.8 Å². The lowest BCUT2D eigenvalue weighted by molar-refractivity contribution is 0.248. The summed E-state index contributed by atoms with van der Waals surface area (Å²) in [5.74, 6) is 7.47. The average Bonchev–Trinajstić information content (AvgIpc) is 2.81. The SMILES string of the molecule is CCCCCCCCC1CCC(CCc2ccc(C#Cc3ccc(Cl)cc3F)cc2)CC1. The van der Waals surface area contributed by atoms with Crippen LogP contribution in [0.25, 0.3) is 0 Å². The number of aryl methyl sites for hydroxylation is 1. The maximum absolute atomic E-state index is 13.8. The predicted octanol–water partition coefficient (Wildman–Crippen LogP) is 9.37. The maximum Gasteiger partial charge on any atom is 0.140 e. The summed E-state index contributed by atoms with van der Waals surface area (Å²) in [7, 11) is 0. The molecule has 0 nitrogen and oxygen atoms in total. The molecule has 0 aromatic heterocycles. The molecule has 0 N–H and O–H groups in total. The highest BCUT2D eigenvalue weighted by Gasteiger charge is 2.20. The van der Waals surface area contributed by atoms with Crippen molar-refractivity contribution < 1.29 is 4.39 Å². The van der Waals surface area contributed by atoms with E-state index in [0.29, 0.717) is 10.6 Å². The first-order valence-electron chi connectivity index (χ1n) is 12.7. The van der Waals surface area contributed by atoms with E-state index in [-0.39, 0.29) is 5.82 Å². The zero-order chi connectivity index (χ0) is 22.6. The number of hydrogen-bond acceptors (Lipinski definition) is 0. The Morgan fingerprint density at radius 1 is 0.812 bits per heavy atom. The van der Waals surface area contributed by atoms with Crippen molar-refractivity contribution >= 4 is 11.6 Å². The van der Waals surface area contributed by atoms with Gasteiger partial charge in [0, 0.05) is 10.6 Å². The molecule has 0 bridgehead atoms. The summed E-state index contributed by atoms with van der Waals surface area (Å²) in [5.41, 5.74) is 2.67. The highest BCUT2D eigenvalue weighted by Crippen LogP contribution is 2.34. The summed E-state index contributed by atoms with van der Waals surface area (Å²) in [6.07, 6.45) is 18.1. The molecule has 1 saturated carbocycles. The minimum atomic E-state index is -0.372. The van der Waals surface area contributed by atoms with E-state index in [1.165, 1.54) is 88.7 Å². The third kappa shape index (κ3) is 8.63. The Bertz CT molecular complexity index is 866. The fourth-order valence-corrected chi connectivity index (χ4v) is 5.04. The molecular weight excluding hydrogens is 415 g/mol. The molecule has 2 aromatic carbocycles. The van der Waals surface area contributed by atoms with Gasteiger partial charge in [0.05, 0.1) is 5.56 Å². The standard InChI is InChI=1S/C30H38ClF/c1-2-3-4-5-6-7-8-24-9-11-25(12-10-24)13-14-26-15-17-27(18-16-26)19-20-28-21-22-29(31)23-30(28)32/h15-18,21-25H,2-14H2,1H3. The Morgan fingerprint density at radius 3 is 2.16 bits per heavy atom. The third-order valence-electron chi connectivity index (χ3n) is 7.00. The van der Waals surface area contributed by atoms with Crippen LogP contribution in [0.1, 0.15) is 101 Å². The van der Waals surface area contributed by atoms with Crippen molar-refractivity contribution in [2.24, 2.45) is 11.8 Å². The molecule has 2 aromatic rings. The van der Waals surface area contributed by atoms with Crippen molar-refractivity contribution in [3.05, 3.63) is 70.0 Å². The summed E-state index contributed by atoms with van der Waals surface area (Å²) in [4.78, 5) is 0. The van der Waals surface area contributed by atoms with Gasteiger partial charge in [0.25, 0.3) is 0 Å². The topological polar surface area (TPSA) is 0 Å². The van der Waals surface area contributed by atoms with Crippen LogP contribution in [-0.2, 0) is 6.42 Å². The molecule has 2 heteroatoms. The zero-order valence-electron chi connectivity index (χ0n) is 19.6. The Hall–Kier alpha value is -1.78. The summed E-state index contributed by atoms with van der Waals surface area (Å²) >= 11 is 5.80. The normalized spacial score (nSPS) is 18.2. The lowest BCUT2D eigenvalue weighted by Crippen LogP contribution is -2.15. The minimum absolute atomic E-state index is 0.372. The van der Waals surface area contributed by atoms with Crippen LogP contribution in [0, 0.1) is 29.5 Å². The molecule has 0 atom stereocenters. The van der Waals surface area contributed by atoms with Crippen molar-refractivity contribution in [3.63, 3.8) is 0 Å². The molecule has 0 spiro atoms. The second-order valence-electron chi connectivity index (χ2n) is 9.55. The molecule has 1 aliphatic carbocycles. The van der Waals surface area contributed by atoms with Crippen molar-refractivity contribution in [2.75, 3.05) is 0 Å². The molecule has 32 heavy (non-hydrogen) atoms. The first-order valence-corrected chi connectivity index (χ1v) is 13.1. The lowest BCUT2D eigenvalue weighted by Gasteiger charge is -2.28. The fourth-order valence-electron chi connectivity index (χ4n) is 4.88. The predicted molar refractivity (Wildman–Crippen MR) is 136 cm³/mol. The van der Waals surface area contributed by atoms with Gasteiger partial charge in [-0.15, -0.1) is 0 Å². The second kappa shape index (κ2) is 13.7. The molecule has 3 rings (SSSR count). The van der Waals surface area contributed by atoms with E-state index in [1.807, 2.05) is 12.1 Å². The zero-order valence-corrected chi connectivity index (χ0v) is 20.4. The largest absolute Gasteiger partial charge is 0.206 e. The monoisotopic (exact) mass is 452 g/mol. The Labute approximate surface area is 200 Å². The molecule has 172 valence electrons. The van der Waals surface area contributed by atoms with Crippen LogP contribution in [0.2, 0.25) is 5.02 Å². The van der Waals surface area contributed by atoms with Crippen molar-refractivity contribution in [1.82, 2.24) is 0 Å². The summed E-state index contributed by atoms with van der Waals surface area (Å²) in [6, 6.07) is 13.0. The molecule has 0 aliphatic heterocycles. The van der Waals surface area contributed by atoms with Crippen LogP contribution in [0.15, 0.2) is 42.5 Å². The summed E-state index contributed by atoms with van der Waals surface area (Å²) in [5, 5.41) is 0.392. The van der Waals surface area contributed by atoms with E-state index in [0.717, 1.165) is 23.8 Å². The van der Waals surface area contributed by atoms with E-state index in [1.54, 1.807) is 12.1 Å². The molecule has 1 fully saturated rings. The minimum Gasteiger partial charge on any atom is -0.206 e. The number of hydrogen-bond donors (Lipinski definition) is 0. The molecule has 0 unspecified atom stereocenters. The summed E-state index contributed by atoms with van der Waals surface area (Å²) < 4.78 is 13.8. The summed E-state index contributed by atoms with van der Waals surface area (Å²) in [6.45, 7) is 2.29. The van der Waals surface area contributed by atoms with Crippen molar-refractivity contribution in [2.45, 2.75) is 90.4 Å². The highest BCUT2D eigenvalue weighted by atomic mass is 35.5. The van der Waals surface area contributed by atoms with Gasteiger partial charge in [0.2, 0.25) is 0 Å². The number of unbranched alkanes of at least 4 members (excludes halogenated alkanes) is 5. The van der Waals surface area contributed by atoms with Crippen LogP contribution in [0.5, 0.6) is 0 Å². The number of halogens is 2. The quantitative estimate of drug-likeness (QED) is 0.248. The van der Waals surface area contributed by atoms with Gasteiger partial charge < -0.3 is 0 Å². The number of rotatable bonds is 10. The van der Waals surface area contributed by atoms with E-state index >= 15 is 0 Å². The highest BCUT2D eigenvalue weighted by molar-refractivity contribution is 6.30. The average molecular weight is 453 g/mol. The molecule has 0 amide bonds. The third-order valence-corrected chi connectivity index (χ3v) is 7.24. The van der Waals surface area contributed by atoms with Crippen LogP contribution in [0.3, 0.4) is 0 Å². The Balaban J connectivity index is 1.35. The van der Waals surface area contributed by atoms with Gasteiger partial charge in [-0.25, -0.2) is 4.39 Å². The van der Waals surface area contributed by atoms with Crippen LogP contribution in [-0.4, -0.2) is 0 Å². The second-order valence-corrected chi connectivity index (χ2v) is 9.99. The first kappa shape index (κ1) is 24.9. The van der Waals surface area contributed by atoms with Crippen LogP contribution in [0.4, 0.5) is 4.39 Å². The van der Waals surface area contributed by atoms with Gasteiger partial charge in [0.15, 0.2) is 0 Å². The molecule has 0 heterocycles. The smallest absolute Gasteiger partial charge is 0.140 e. The lowest BCUT2D eigenvalue weighted by atomic mass is 9.77.